The van der Waals surface area contributed by atoms with Crippen molar-refractivity contribution >= 4 is 5.91 Å². The van der Waals surface area contributed by atoms with Crippen LogP contribution in [0.25, 0.3) is 0 Å². The molecule has 1 atom stereocenters. The van der Waals surface area contributed by atoms with Gasteiger partial charge < -0.3 is 5.32 Å². The Morgan fingerprint density at radius 3 is 3.45 bits per heavy atom. The van der Waals surface area contributed by atoms with Crippen molar-refractivity contribution in [1.82, 2.24) is 15.1 Å². The number of aromatic nitrogens is 2. The van der Waals surface area contributed by atoms with Crippen LogP contribution in [0.4, 0.5) is 0 Å². The molecular formula is C7H9N3O. The highest BCUT2D eigenvalue weighted by Gasteiger charge is 2.20. The summed E-state index contributed by atoms with van der Waals surface area (Å²) in [7, 11) is 0. The van der Waals surface area contributed by atoms with Crippen molar-refractivity contribution in [2.75, 3.05) is 0 Å². The van der Waals surface area contributed by atoms with Gasteiger partial charge in [0, 0.05) is 12.2 Å². The molecule has 1 aromatic heterocycles. The quantitative estimate of drug-likeness (QED) is 0.568. The van der Waals surface area contributed by atoms with E-state index in [2.05, 4.69) is 10.4 Å². The summed E-state index contributed by atoms with van der Waals surface area (Å²) in [5.74, 6) is -0.0266. The molecular weight excluding hydrogens is 142 g/mol. The third kappa shape index (κ3) is 0.906. The highest BCUT2D eigenvalue weighted by molar-refractivity contribution is 5.93. The average molecular weight is 151 g/mol. The summed E-state index contributed by atoms with van der Waals surface area (Å²) in [4.78, 5) is 11.2. The zero-order valence-corrected chi connectivity index (χ0v) is 6.24. The van der Waals surface area contributed by atoms with Gasteiger partial charge in [-0.25, -0.2) is 0 Å². The van der Waals surface area contributed by atoms with E-state index in [1.807, 2.05) is 6.92 Å². The van der Waals surface area contributed by atoms with E-state index in [9.17, 15) is 4.79 Å². The molecule has 1 aromatic rings. The van der Waals surface area contributed by atoms with Gasteiger partial charge in [-0.3, -0.25) is 9.48 Å². The second-order valence-corrected chi connectivity index (χ2v) is 2.77. The number of fused-ring (bicyclic) bond motifs is 1. The third-order valence-electron chi connectivity index (χ3n) is 1.77. The zero-order valence-electron chi connectivity index (χ0n) is 6.24. The van der Waals surface area contributed by atoms with Crippen molar-refractivity contribution in [3.63, 3.8) is 0 Å². The molecule has 11 heavy (non-hydrogen) atoms. The lowest BCUT2D eigenvalue weighted by Crippen LogP contribution is -2.42. The Morgan fingerprint density at radius 2 is 2.64 bits per heavy atom. The fourth-order valence-corrected chi connectivity index (χ4v) is 1.27. The van der Waals surface area contributed by atoms with E-state index in [4.69, 9.17) is 0 Å². The highest BCUT2D eigenvalue weighted by atomic mass is 16.2. The fraction of sp³-hybridized carbons (Fsp3) is 0.429. The molecule has 0 saturated carbocycles. The number of hydrogen-bond donors (Lipinski definition) is 1. The monoisotopic (exact) mass is 151 g/mol. The molecule has 1 N–H and O–H groups in total. The van der Waals surface area contributed by atoms with Crippen molar-refractivity contribution in [3.05, 3.63) is 18.0 Å². The van der Waals surface area contributed by atoms with E-state index in [0.29, 0.717) is 5.69 Å². The molecule has 0 unspecified atom stereocenters. The molecule has 0 bridgehead atoms. The van der Waals surface area contributed by atoms with Gasteiger partial charge >= 0.3 is 0 Å². The van der Waals surface area contributed by atoms with Gasteiger partial charge in [0.15, 0.2) is 0 Å². The Kier molecular flexibility index (Phi) is 1.21. The van der Waals surface area contributed by atoms with Crippen LogP contribution in [0.3, 0.4) is 0 Å². The van der Waals surface area contributed by atoms with Gasteiger partial charge in [-0.1, -0.05) is 0 Å². The molecule has 4 nitrogen and oxygen atoms in total. The standard InChI is InChI=1S/C7H9N3O/c1-5-4-10-6(2-3-8-10)7(11)9-5/h2-3,5H,4H2,1H3,(H,9,11)/t5-/m1/s1. The molecule has 1 aliphatic heterocycles. The number of carbonyl (C=O) groups excluding carboxylic acids is 1. The molecule has 1 aliphatic rings. The molecule has 0 aliphatic carbocycles. The first kappa shape index (κ1) is 6.39. The van der Waals surface area contributed by atoms with Gasteiger partial charge in [-0.2, -0.15) is 5.10 Å². The van der Waals surface area contributed by atoms with Crippen LogP contribution < -0.4 is 5.32 Å². The summed E-state index contributed by atoms with van der Waals surface area (Å²) in [5, 5.41) is 6.84. The Balaban J connectivity index is 2.44. The lowest BCUT2D eigenvalue weighted by molar-refractivity contribution is 0.0901. The molecule has 0 radical (unpaired) electrons. The number of carbonyl (C=O) groups is 1. The predicted molar refractivity (Wildman–Crippen MR) is 39.2 cm³/mol. The highest BCUT2D eigenvalue weighted by Crippen LogP contribution is 2.05. The van der Waals surface area contributed by atoms with Crippen molar-refractivity contribution in [1.29, 1.82) is 0 Å². The van der Waals surface area contributed by atoms with Gasteiger partial charge in [-0.05, 0) is 13.0 Å². The molecule has 0 spiro atoms. The molecule has 1 amide bonds. The summed E-state index contributed by atoms with van der Waals surface area (Å²) in [6.45, 7) is 2.73. The number of rotatable bonds is 0. The second-order valence-electron chi connectivity index (χ2n) is 2.77. The van der Waals surface area contributed by atoms with Gasteiger partial charge in [-0.15, -0.1) is 0 Å². The van der Waals surface area contributed by atoms with Crippen LogP contribution in [0.1, 0.15) is 17.4 Å². The lowest BCUT2D eigenvalue weighted by atomic mass is 10.2. The smallest absolute Gasteiger partial charge is 0.269 e. The van der Waals surface area contributed by atoms with Crippen LogP contribution in [0.15, 0.2) is 12.3 Å². The second kappa shape index (κ2) is 2.08. The lowest BCUT2D eigenvalue weighted by Gasteiger charge is -2.20. The summed E-state index contributed by atoms with van der Waals surface area (Å²) < 4.78 is 1.73. The van der Waals surface area contributed by atoms with Gasteiger partial charge in [0.25, 0.3) is 5.91 Å². The minimum Gasteiger partial charge on any atom is -0.346 e. The Bertz CT molecular complexity index is 292. The molecule has 0 fully saturated rings. The van der Waals surface area contributed by atoms with Gasteiger partial charge in [0.05, 0.1) is 6.54 Å². The molecule has 2 rings (SSSR count). The van der Waals surface area contributed by atoms with E-state index >= 15 is 0 Å². The van der Waals surface area contributed by atoms with E-state index in [1.54, 1.807) is 16.9 Å². The molecule has 4 heteroatoms. The number of nitrogens with zero attached hydrogens (tertiary/aromatic N) is 2. The van der Waals surface area contributed by atoms with Crippen molar-refractivity contribution in [2.24, 2.45) is 0 Å². The Labute approximate surface area is 64.2 Å². The van der Waals surface area contributed by atoms with Crippen LogP contribution >= 0.6 is 0 Å². The molecule has 2 heterocycles. The zero-order chi connectivity index (χ0) is 7.84. The molecule has 58 valence electrons. The van der Waals surface area contributed by atoms with E-state index in [-0.39, 0.29) is 11.9 Å². The van der Waals surface area contributed by atoms with Crippen LogP contribution in [0.2, 0.25) is 0 Å². The molecule has 0 saturated heterocycles. The first-order valence-corrected chi connectivity index (χ1v) is 3.60. The summed E-state index contributed by atoms with van der Waals surface area (Å²) >= 11 is 0. The van der Waals surface area contributed by atoms with Crippen molar-refractivity contribution in [2.45, 2.75) is 19.5 Å². The van der Waals surface area contributed by atoms with Crippen LogP contribution in [0, 0.1) is 0 Å². The maximum Gasteiger partial charge on any atom is 0.269 e. The predicted octanol–water partition coefficient (Wildman–Crippen LogP) is 0.0150. The third-order valence-corrected chi connectivity index (χ3v) is 1.77. The van der Waals surface area contributed by atoms with Crippen molar-refractivity contribution in [3.8, 4) is 0 Å². The van der Waals surface area contributed by atoms with E-state index in [1.165, 1.54) is 0 Å². The Morgan fingerprint density at radius 1 is 1.82 bits per heavy atom. The first-order chi connectivity index (χ1) is 5.27. The average Bonchev–Trinajstić information content (AvgIpc) is 2.34. The van der Waals surface area contributed by atoms with E-state index < -0.39 is 0 Å². The molecule has 0 aromatic carbocycles. The number of hydrogen-bond acceptors (Lipinski definition) is 2. The Hall–Kier alpha value is -1.32. The van der Waals surface area contributed by atoms with Crippen molar-refractivity contribution < 1.29 is 4.79 Å². The summed E-state index contributed by atoms with van der Waals surface area (Å²) in [6, 6.07) is 1.91. The fourth-order valence-electron chi connectivity index (χ4n) is 1.27. The van der Waals surface area contributed by atoms with E-state index in [0.717, 1.165) is 6.54 Å². The SMILES string of the molecule is C[C@@H]1Cn2nccc2C(=O)N1. The normalized spacial score (nSPS) is 22.6. The first-order valence-electron chi connectivity index (χ1n) is 3.60. The van der Waals surface area contributed by atoms with Gasteiger partial charge in [0.1, 0.15) is 5.69 Å². The summed E-state index contributed by atoms with van der Waals surface area (Å²) in [5.41, 5.74) is 0.656. The van der Waals surface area contributed by atoms with Crippen LogP contribution in [-0.4, -0.2) is 21.7 Å². The topological polar surface area (TPSA) is 46.9 Å². The minimum absolute atomic E-state index is 0.0266. The van der Waals surface area contributed by atoms with Crippen LogP contribution in [-0.2, 0) is 6.54 Å². The number of nitrogens with one attached hydrogen (secondary N) is 1. The minimum atomic E-state index is -0.0266. The van der Waals surface area contributed by atoms with Gasteiger partial charge in [0.2, 0.25) is 0 Å². The maximum absolute atomic E-state index is 11.2. The summed E-state index contributed by atoms with van der Waals surface area (Å²) in [6.07, 6.45) is 1.65. The maximum atomic E-state index is 11.2. The number of amides is 1. The van der Waals surface area contributed by atoms with Crippen LogP contribution in [0.5, 0.6) is 0 Å². The largest absolute Gasteiger partial charge is 0.346 e.